The minimum absolute atomic E-state index is 0.460. The summed E-state index contributed by atoms with van der Waals surface area (Å²) >= 11 is 0. The first-order chi connectivity index (χ1) is 9.78. The maximum Gasteiger partial charge on any atom is 0.123 e. The van der Waals surface area contributed by atoms with Crippen LogP contribution in [-0.2, 0) is 6.61 Å². The van der Waals surface area contributed by atoms with Crippen molar-refractivity contribution < 1.29 is 9.47 Å². The van der Waals surface area contributed by atoms with E-state index in [9.17, 15) is 0 Å². The largest absolute Gasteiger partial charge is 0.497 e. The highest BCUT2D eigenvalue weighted by atomic mass is 16.5. The molecular weight excluding hydrogens is 252 g/mol. The Morgan fingerprint density at radius 1 is 1.10 bits per heavy atom. The fourth-order valence-corrected chi connectivity index (χ4v) is 2.25. The second-order valence-corrected chi connectivity index (χ2v) is 4.55. The molecule has 1 heterocycles. The van der Waals surface area contributed by atoms with Crippen LogP contribution in [0, 0.1) is 0 Å². The third-order valence-electron chi connectivity index (χ3n) is 3.26. The molecule has 4 heteroatoms. The number of hydrogen-bond acceptors (Lipinski definition) is 3. The Bertz CT molecular complexity index is 734. The van der Waals surface area contributed by atoms with Gasteiger partial charge in [0.25, 0.3) is 0 Å². The molecule has 0 saturated carbocycles. The zero-order chi connectivity index (χ0) is 13.9. The first kappa shape index (κ1) is 12.4. The first-order valence-corrected chi connectivity index (χ1v) is 6.39. The molecule has 0 amide bonds. The highest BCUT2D eigenvalue weighted by molar-refractivity contribution is 5.93. The van der Waals surface area contributed by atoms with Gasteiger partial charge < -0.3 is 20.2 Å². The van der Waals surface area contributed by atoms with E-state index in [2.05, 4.69) is 4.98 Å². The van der Waals surface area contributed by atoms with Crippen molar-refractivity contribution in [1.82, 2.24) is 4.98 Å². The number of aromatic nitrogens is 1. The van der Waals surface area contributed by atoms with Crippen LogP contribution in [0.3, 0.4) is 0 Å². The number of rotatable bonds is 4. The van der Waals surface area contributed by atoms with E-state index in [1.807, 2.05) is 48.7 Å². The summed E-state index contributed by atoms with van der Waals surface area (Å²) in [7, 11) is 1.64. The summed E-state index contributed by atoms with van der Waals surface area (Å²) in [6, 6.07) is 13.4. The minimum atomic E-state index is 0.460. The van der Waals surface area contributed by atoms with Crippen LogP contribution in [0.2, 0.25) is 0 Å². The zero-order valence-electron chi connectivity index (χ0n) is 11.2. The molecule has 3 aromatic rings. The standard InChI is InChI=1S/C16H16N2O2/c1-19-12-4-2-5-13(8-12)20-10-11-9-18-15-7-3-6-14(17)16(11)15/h2-9,18H,10,17H2,1H3. The van der Waals surface area contributed by atoms with Crippen molar-refractivity contribution in [2.75, 3.05) is 12.8 Å². The molecule has 0 unspecified atom stereocenters. The van der Waals surface area contributed by atoms with E-state index < -0.39 is 0 Å². The van der Waals surface area contributed by atoms with Crippen molar-refractivity contribution >= 4 is 16.6 Å². The van der Waals surface area contributed by atoms with Crippen LogP contribution >= 0.6 is 0 Å². The molecule has 102 valence electrons. The number of H-pyrrole nitrogens is 1. The van der Waals surface area contributed by atoms with E-state index >= 15 is 0 Å². The van der Waals surface area contributed by atoms with E-state index in [4.69, 9.17) is 15.2 Å². The van der Waals surface area contributed by atoms with Gasteiger partial charge in [0.15, 0.2) is 0 Å². The first-order valence-electron chi connectivity index (χ1n) is 6.39. The van der Waals surface area contributed by atoms with Gasteiger partial charge in [0.2, 0.25) is 0 Å². The van der Waals surface area contributed by atoms with Crippen molar-refractivity contribution in [3.05, 3.63) is 54.2 Å². The summed E-state index contributed by atoms with van der Waals surface area (Å²) in [6.45, 7) is 0.460. The van der Waals surface area contributed by atoms with Gasteiger partial charge in [-0.1, -0.05) is 12.1 Å². The van der Waals surface area contributed by atoms with Crippen molar-refractivity contribution in [2.24, 2.45) is 0 Å². The maximum absolute atomic E-state index is 6.02. The highest BCUT2D eigenvalue weighted by Crippen LogP contribution is 2.26. The van der Waals surface area contributed by atoms with Gasteiger partial charge >= 0.3 is 0 Å². The minimum Gasteiger partial charge on any atom is -0.497 e. The molecule has 3 N–H and O–H groups in total. The Kier molecular flexibility index (Phi) is 3.21. The molecule has 0 fully saturated rings. The summed E-state index contributed by atoms with van der Waals surface area (Å²) in [5.74, 6) is 1.55. The van der Waals surface area contributed by atoms with Gasteiger partial charge in [-0.3, -0.25) is 0 Å². The predicted molar refractivity (Wildman–Crippen MR) is 80.0 cm³/mol. The van der Waals surface area contributed by atoms with Crippen LogP contribution in [0.25, 0.3) is 10.9 Å². The molecule has 3 rings (SSSR count). The summed E-state index contributed by atoms with van der Waals surface area (Å²) in [5.41, 5.74) is 8.84. The zero-order valence-corrected chi connectivity index (χ0v) is 11.2. The van der Waals surface area contributed by atoms with E-state index in [0.29, 0.717) is 6.61 Å². The average molecular weight is 268 g/mol. The molecule has 0 spiro atoms. The van der Waals surface area contributed by atoms with Gasteiger partial charge in [-0.25, -0.2) is 0 Å². The van der Waals surface area contributed by atoms with Crippen molar-refractivity contribution in [3.8, 4) is 11.5 Å². The SMILES string of the molecule is COc1cccc(OCc2c[nH]c3cccc(N)c23)c1. The van der Waals surface area contributed by atoms with E-state index in [-0.39, 0.29) is 0 Å². The second kappa shape index (κ2) is 5.17. The molecule has 4 nitrogen and oxygen atoms in total. The molecule has 0 saturated heterocycles. The lowest BCUT2D eigenvalue weighted by Gasteiger charge is -2.07. The van der Waals surface area contributed by atoms with Crippen LogP contribution in [0.4, 0.5) is 5.69 Å². The van der Waals surface area contributed by atoms with Gasteiger partial charge in [-0.05, 0) is 24.3 Å². The molecule has 0 aliphatic rings. The van der Waals surface area contributed by atoms with Crippen LogP contribution in [0.15, 0.2) is 48.7 Å². The molecule has 0 aliphatic carbocycles. The monoisotopic (exact) mass is 268 g/mol. The fraction of sp³-hybridized carbons (Fsp3) is 0.125. The van der Waals surface area contributed by atoms with Gasteiger partial charge in [0, 0.05) is 34.4 Å². The number of nitrogen functional groups attached to an aromatic ring is 1. The third-order valence-corrected chi connectivity index (χ3v) is 3.26. The van der Waals surface area contributed by atoms with Crippen LogP contribution in [0.1, 0.15) is 5.56 Å². The van der Waals surface area contributed by atoms with E-state index in [1.54, 1.807) is 7.11 Å². The quantitative estimate of drug-likeness (QED) is 0.713. The third kappa shape index (κ3) is 2.28. The number of benzene rings is 2. The molecule has 0 radical (unpaired) electrons. The second-order valence-electron chi connectivity index (χ2n) is 4.55. The number of hydrogen-bond donors (Lipinski definition) is 2. The summed E-state index contributed by atoms with van der Waals surface area (Å²) < 4.78 is 11.0. The molecular formula is C16H16N2O2. The van der Waals surface area contributed by atoms with Gasteiger partial charge in [-0.2, -0.15) is 0 Å². The van der Waals surface area contributed by atoms with E-state index in [0.717, 1.165) is 33.7 Å². The van der Waals surface area contributed by atoms with Gasteiger partial charge in [0.05, 0.1) is 7.11 Å². The molecule has 0 aliphatic heterocycles. The Balaban J connectivity index is 1.83. The number of nitrogens with one attached hydrogen (secondary N) is 1. The van der Waals surface area contributed by atoms with Crippen LogP contribution in [0.5, 0.6) is 11.5 Å². The van der Waals surface area contributed by atoms with Crippen LogP contribution < -0.4 is 15.2 Å². The highest BCUT2D eigenvalue weighted by Gasteiger charge is 2.07. The predicted octanol–water partition coefficient (Wildman–Crippen LogP) is 3.34. The molecule has 0 bridgehead atoms. The average Bonchev–Trinajstić information content (AvgIpc) is 2.90. The number of nitrogens with two attached hydrogens (primary N) is 1. The maximum atomic E-state index is 6.02. The van der Waals surface area contributed by atoms with Crippen molar-refractivity contribution in [3.63, 3.8) is 0 Å². The number of anilines is 1. The Morgan fingerprint density at radius 2 is 1.90 bits per heavy atom. The number of methoxy groups -OCH3 is 1. The van der Waals surface area contributed by atoms with Gasteiger partial charge in [-0.15, -0.1) is 0 Å². The summed E-state index contributed by atoms with van der Waals surface area (Å²) in [5, 5.41) is 1.02. The molecule has 1 aromatic heterocycles. The van der Waals surface area contributed by atoms with Crippen LogP contribution in [-0.4, -0.2) is 12.1 Å². The Hall–Kier alpha value is -2.62. The number of aromatic amines is 1. The lowest BCUT2D eigenvalue weighted by Crippen LogP contribution is -1.96. The Morgan fingerprint density at radius 3 is 2.75 bits per heavy atom. The summed E-state index contributed by atoms with van der Waals surface area (Å²) in [4.78, 5) is 3.20. The number of ether oxygens (including phenoxy) is 2. The van der Waals surface area contributed by atoms with Gasteiger partial charge in [0.1, 0.15) is 18.1 Å². The molecule has 20 heavy (non-hydrogen) atoms. The fourth-order valence-electron chi connectivity index (χ4n) is 2.25. The van der Waals surface area contributed by atoms with Crippen molar-refractivity contribution in [2.45, 2.75) is 6.61 Å². The van der Waals surface area contributed by atoms with Crippen molar-refractivity contribution in [1.29, 1.82) is 0 Å². The smallest absolute Gasteiger partial charge is 0.123 e. The Labute approximate surface area is 117 Å². The normalized spacial score (nSPS) is 10.7. The van der Waals surface area contributed by atoms with E-state index in [1.165, 1.54) is 0 Å². The molecule has 2 aromatic carbocycles. The topological polar surface area (TPSA) is 60.3 Å². The molecule has 0 atom stereocenters. The lowest BCUT2D eigenvalue weighted by atomic mass is 10.1. The number of fused-ring (bicyclic) bond motifs is 1. The lowest BCUT2D eigenvalue weighted by molar-refractivity contribution is 0.305. The summed E-state index contributed by atoms with van der Waals surface area (Å²) in [6.07, 6.45) is 1.93.